The molecule has 152 valence electrons. The summed E-state index contributed by atoms with van der Waals surface area (Å²) < 4.78 is 39.0. The summed E-state index contributed by atoms with van der Waals surface area (Å²) in [5.41, 5.74) is 1.16. The van der Waals surface area contributed by atoms with Crippen molar-refractivity contribution in [1.82, 2.24) is 0 Å². The van der Waals surface area contributed by atoms with Gasteiger partial charge in [0, 0.05) is 4.88 Å². The van der Waals surface area contributed by atoms with Gasteiger partial charge in [-0.25, -0.2) is 13.2 Å². The molecule has 0 amide bonds. The van der Waals surface area contributed by atoms with Crippen LogP contribution in [-0.4, -0.2) is 28.1 Å². The summed E-state index contributed by atoms with van der Waals surface area (Å²) in [5.74, 6) is -0.582. The normalized spacial score (nSPS) is 13.7. The van der Waals surface area contributed by atoms with Crippen LogP contribution in [0.25, 0.3) is 0 Å². The van der Waals surface area contributed by atoms with E-state index >= 15 is 0 Å². The van der Waals surface area contributed by atoms with Crippen molar-refractivity contribution >= 4 is 55.5 Å². The number of anilines is 1. The third-order valence-electron chi connectivity index (χ3n) is 4.39. The Morgan fingerprint density at radius 3 is 2.64 bits per heavy atom. The zero-order chi connectivity index (χ0) is 20.5. The predicted octanol–water partition coefficient (Wildman–Crippen LogP) is 4.92. The number of benzene rings is 1. The lowest BCUT2D eigenvalue weighted by molar-refractivity contribution is 0.0526. The van der Waals surface area contributed by atoms with Gasteiger partial charge in [0.2, 0.25) is 0 Å². The monoisotopic (exact) mass is 463 g/mol. The van der Waals surface area contributed by atoms with Crippen molar-refractivity contribution in [3.8, 4) is 5.75 Å². The topological polar surface area (TPSA) is 81.7 Å². The second-order valence-electron chi connectivity index (χ2n) is 6.13. The van der Waals surface area contributed by atoms with Crippen molar-refractivity contribution in [1.29, 1.82) is 0 Å². The molecule has 0 saturated carbocycles. The van der Waals surface area contributed by atoms with E-state index in [4.69, 9.17) is 32.7 Å². The first-order chi connectivity index (χ1) is 13.3. The number of fused-ring (bicyclic) bond motifs is 1. The average molecular weight is 464 g/mol. The van der Waals surface area contributed by atoms with Crippen LogP contribution in [-0.2, 0) is 27.6 Å². The van der Waals surface area contributed by atoms with Gasteiger partial charge in [0.1, 0.15) is 14.9 Å². The fourth-order valence-corrected chi connectivity index (χ4v) is 6.35. The lowest BCUT2D eigenvalue weighted by atomic mass is 9.95. The Morgan fingerprint density at radius 2 is 1.96 bits per heavy atom. The number of nitrogens with one attached hydrogen (secondary N) is 1. The van der Waals surface area contributed by atoms with Crippen LogP contribution in [0.3, 0.4) is 0 Å². The molecule has 6 nitrogen and oxygen atoms in total. The fraction of sp³-hybridized carbons (Fsp3) is 0.389. The Kier molecular flexibility index (Phi) is 6.44. The second-order valence-corrected chi connectivity index (χ2v) is 9.67. The van der Waals surface area contributed by atoms with Crippen molar-refractivity contribution in [3.63, 3.8) is 0 Å². The number of aryl methyl sites for hydroxylation is 1. The van der Waals surface area contributed by atoms with Gasteiger partial charge in [-0.05, 0) is 50.3 Å². The molecule has 0 radical (unpaired) electrons. The Bertz CT molecular complexity index is 1020. The average Bonchev–Trinajstić information content (AvgIpc) is 3.00. The van der Waals surface area contributed by atoms with Gasteiger partial charge in [0.15, 0.2) is 5.75 Å². The molecule has 1 N–H and O–H groups in total. The number of hydrogen-bond donors (Lipinski definition) is 1. The van der Waals surface area contributed by atoms with Crippen LogP contribution in [0.5, 0.6) is 5.75 Å². The lowest BCUT2D eigenvalue weighted by Gasteiger charge is -2.14. The molecule has 28 heavy (non-hydrogen) atoms. The first kappa shape index (κ1) is 21.2. The molecular weight excluding hydrogens is 445 g/mol. The zero-order valence-electron chi connectivity index (χ0n) is 15.3. The second kappa shape index (κ2) is 8.49. The molecule has 1 aromatic heterocycles. The van der Waals surface area contributed by atoms with Crippen LogP contribution in [0.15, 0.2) is 17.0 Å². The van der Waals surface area contributed by atoms with E-state index in [1.165, 1.54) is 30.6 Å². The van der Waals surface area contributed by atoms with Crippen molar-refractivity contribution < 1.29 is 22.7 Å². The Hall–Kier alpha value is -1.48. The van der Waals surface area contributed by atoms with Gasteiger partial charge in [-0.3, -0.25) is 4.72 Å². The van der Waals surface area contributed by atoms with Crippen LogP contribution in [0.4, 0.5) is 5.00 Å². The first-order valence-corrected chi connectivity index (χ1v) is 11.7. The molecule has 0 aliphatic heterocycles. The third kappa shape index (κ3) is 3.96. The van der Waals surface area contributed by atoms with Crippen molar-refractivity contribution in [2.75, 3.05) is 18.4 Å². The van der Waals surface area contributed by atoms with Crippen LogP contribution in [0.1, 0.15) is 40.6 Å². The Labute approximate surface area is 177 Å². The summed E-state index contributed by atoms with van der Waals surface area (Å²) in [6.07, 6.45) is 3.48. The lowest BCUT2D eigenvalue weighted by Crippen LogP contribution is -2.17. The van der Waals surface area contributed by atoms with E-state index in [1.807, 2.05) is 0 Å². The summed E-state index contributed by atoms with van der Waals surface area (Å²) in [7, 11) is -2.77. The molecule has 0 saturated heterocycles. The van der Waals surface area contributed by atoms with Crippen molar-refractivity contribution in [2.24, 2.45) is 0 Å². The summed E-state index contributed by atoms with van der Waals surface area (Å²) in [6, 6.07) is 2.69. The number of methoxy groups -OCH3 is 1. The van der Waals surface area contributed by atoms with Crippen molar-refractivity contribution in [2.45, 2.75) is 37.5 Å². The van der Waals surface area contributed by atoms with E-state index in [-0.39, 0.29) is 32.3 Å². The highest BCUT2D eigenvalue weighted by Gasteiger charge is 2.30. The molecule has 0 bridgehead atoms. The minimum atomic E-state index is -4.08. The van der Waals surface area contributed by atoms with Gasteiger partial charge in [0.05, 0.1) is 24.3 Å². The molecule has 1 aliphatic carbocycles. The number of halogens is 2. The van der Waals surface area contributed by atoms with Gasteiger partial charge >= 0.3 is 5.97 Å². The molecule has 1 heterocycles. The van der Waals surface area contributed by atoms with Crippen LogP contribution >= 0.6 is 34.5 Å². The first-order valence-electron chi connectivity index (χ1n) is 8.66. The Balaban J connectivity index is 2.07. The van der Waals surface area contributed by atoms with E-state index in [0.29, 0.717) is 5.56 Å². The summed E-state index contributed by atoms with van der Waals surface area (Å²) in [6.45, 7) is 1.91. The maximum Gasteiger partial charge on any atom is 0.341 e. The van der Waals surface area contributed by atoms with E-state index in [0.717, 1.165) is 36.1 Å². The molecule has 1 aromatic carbocycles. The quantitative estimate of drug-likeness (QED) is 0.614. The number of thiophene rings is 1. The largest absolute Gasteiger partial charge is 0.494 e. The van der Waals surface area contributed by atoms with Crippen LogP contribution in [0, 0.1) is 0 Å². The fourth-order valence-electron chi connectivity index (χ4n) is 3.15. The molecule has 1 aliphatic rings. The summed E-state index contributed by atoms with van der Waals surface area (Å²) >= 11 is 13.3. The number of rotatable bonds is 6. The van der Waals surface area contributed by atoms with Crippen molar-refractivity contribution in [3.05, 3.63) is 38.2 Å². The van der Waals surface area contributed by atoms with E-state index in [2.05, 4.69) is 4.72 Å². The van der Waals surface area contributed by atoms with Gasteiger partial charge < -0.3 is 9.47 Å². The Morgan fingerprint density at radius 1 is 1.25 bits per heavy atom. The summed E-state index contributed by atoms with van der Waals surface area (Å²) in [4.78, 5) is 13.4. The number of ether oxygens (including phenoxy) is 2. The van der Waals surface area contributed by atoms with Crippen LogP contribution < -0.4 is 9.46 Å². The maximum absolute atomic E-state index is 13.1. The maximum atomic E-state index is 13.1. The number of carbonyl (C=O) groups is 1. The van der Waals surface area contributed by atoms with E-state index in [9.17, 15) is 13.2 Å². The molecule has 10 heteroatoms. The van der Waals surface area contributed by atoms with Gasteiger partial charge in [-0.15, -0.1) is 11.3 Å². The summed E-state index contributed by atoms with van der Waals surface area (Å²) in [5, 5.41) is 0.429. The molecule has 0 atom stereocenters. The third-order valence-corrected chi connectivity index (χ3v) is 7.88. The standard InChI is InChI=1S/C18H19Cl2NO5S2/c1-3-26-18(22)14-10-6-4-5-7-12(10)27-17(14)21-28(23,24)13-9-8-11(19)15(20)16(13)25-2/h8-9,21H,3-7H2,1-2H3. The van der Waals surface area contributed by atoms with Crippen LogP contribution in [0.2, 0.25) is 10.0 Å². The highest BCUT2D eigenvalue weighted by Crippen LogP contribution is 2.42. The smallest absolute Gasteiger partial charge is 0.341 e. The molecule has 2 aromatic rings. The highest BCUT2D eigenvalue weighted by atomic mass is 35.5. The van der Waals surface area contributed by atoms with E-state index in [1.54, 1.807) is 6.92 Å². The van der Waals surface area contributed by atoms with E-state index < -0.39 is 16.0 Å². The molecule has 3 rings (SSSR count). The number of carbonyl (C=O) groups excluding carboxylic acids is 1. The van der Waals surface area contributed by atoms with Gasteiger partial charge in [-0.2, -0.15) is 0 Å². The molecule has 0 spiro atoms. The predicted molar refractivity (Wildman–Crippen MR) is 111 cm³/mol. The molecule has 0 fully saturated rings. The SMILES string of the molecule is CCOC(=O)c1c(NS(=O)(=O)c2ccc(Cl)c(Cl)c2OC)sc2c1CCCC2. The minimum Gasteiger partial charge on any atom is -0.494 e. The number of esters is 1. The number of sulfonamides is 1. The number of hydrogen-bond acceptors (Lipinski definition) is 6. The molecule has 0 unspecified atom stereocenters. The van der Waals surface area contributed by atoms with Gasteiger partial charge in [-0.1, -0.05) is 23.2 Å². The van der Waals surface area contributed by atoms with Gasteiger partial charge in [0.25, 0.3) is 10.0 Å². The zero-order valence-corrected chi connectivity index (χ0v) is 18.4. The minimum absolute atomic E-state index is 0.00290. The highest BCUT2D eigenvalue weighted by molar-refractivity contribution is 7.93. The molecular formula is C18H19Cl2NO5S2.